The number of esters is 1. The molecule has 2 aromatic rings. The quantitative estimate of drug-likeness (QED) is 0.783. The van der Waals surface area contributed by atoms with Gasteiger partial charge in [-0.15, -0.1) is 0 Å². The summed E-state index contributed by atoms with van der Waals surface area (Å²) < 4.78 is 13.3. The first-order valence-electron chi connectivity index (χ1n) is 9.72. The van der Waals surface area contributed by atoms with Gasteiger partial charge in [-0.3, -0.25) is 0 Å². The molecular formula is C21H26N2O3. The lowest BCUT2D eigenvalue weighted by atomic mass is 10.0. The highest BCUT2D eigenvalue weighted by atomic mass is 16.5. The standard InChI is InChI=1S/C21H26N2O3/c24-21(26-15-16-8-7-13-25-14-16)19-18-11-5-2-6-12-23(18)20(22-19)17-9-3-1-4-10-17/h1,3-4,9-10,16H,2,5-8,11-15H2/t16-/m1/s1. The van der Waals surface area contributed by atoms with Crippen LogP contribution in [-0.4, -0.2) is 35.3 Å². The Balaban J connectivity index is 1.58. The Morgan fingerprint density at radius 2 is 2.08 bits per heavy atom. The van der Waals surface area contributed by atoms with Crippen LogP contribution in [0.2, 0.25) is 0 Å². The number of carbonyl (C=O) groups is 1. The van der Waals surface area contributed by atoms with Crippen molar-refractivity contribution in [1.82, 2.24) is 9.55 Å². The van der Waals surface area contributed by atoms with Crippen molar-refractivity contribution in [3.8, 4) is 11.4 Å². The van der Waals surface area contributed by atoms with Gasteiger partial charge in [0.2, 0.25) is 0 Å². The van der Waals surface area contributed by atoms with Gasteiger partial charge in [0.1, 0.15) is 5.82 Å². The molecule has 1 saturated heterocycles. The van der Waals surface area contributed by atoms with E-state index in [1.165, 1.54) is 6.42 Å². The fraction of sp³-hybridized carbons (Fsp3) is 0.524. The minimum atomic E-state index is -0.289. The number of nitrogens with zero attached hydrogens (tertiary/aromatic N) is 2. The summed E-state index contributed by atoms with van der Waals surface area (Å²) in [4.78, 5) is 17.5. The molecule has 4 rings (SSSR count). The van der Waals surface area contributed by atoms with Crippen molar-refractivity contribution in [2.45, 2.75) is 45.1 Å². The molecule has 0 bridgehead atoms. The Kier molecular flexibility index (Phi) is 5.34. The van der Waals surface area contributed by atoms with Crippen molar-refractivity contribution < 1.29 is 14.3 Å². The zero-order valence-electron chi connectivity index (χ0n) is 15.2. The number of rotatable bonds is 4. The van der Waals surface area contributed by atoms with Gasteiger partial charge in [-0.1, -0.05) is 36.8 Å². The van der Waals surface area contributed by atoms with Crippen LogP contribution in [0.25, 0.3) is 11.4 Å². The monoisotopic (exact) mass is 354 g/mol. The topological polar surface area (TPSA) is 53.4 Å². The van der Waals surface area contributed by atoms with Crippen molar-refractivity contribution in [1.29, 1.82) is 0 Å². The van der Waals surface area contributed by atoms with E-state index in [-0.39, 0.29) is 5.97 Å². The average molecular weight is 354 g/mol. The fourth-order valence-corrected chi connectivity index (χ4v) is 3.89. The van der Waals surface area contributed by atoms with Gasteiger partial charge in [-0.2, -0.15) is 0 Å². The molecule has 0 unspecified atom stereocenters. The smallest absolute Gasteiger partial charge is 0.358 e. The maximum absolute atomic E-state index is 12.8. The molecule has 1 fully saturated rings. The molecule has 2 aliphatic heterocycles. The van der Waals surface area contributed by atoms with Crippen LogP contribution >= 0.6 is 0 Å². The summed E-state index contributed by atoms with van der Waals surface area (Å²) in [7, 11) is 0. The van der Waals surface area contributed by atoms with Gasteiger partial charge in [-0.25, -0.2) is 9.78 Å². The van der Waals surface area contributed by atoms with E-state index >= 15 is 0 Å². The summed E-state index contributed by atoms with van der Waals surface area (Å²) in [5.41, 5.74) is 2.59. The first kappa shape index (κ1) is 17.3. The Hall–Kier alpha value is -2.14. The number of benzene rings is 1. The number of imidazole rings is 1. The second kappa shape index (κ2) is 8.04. The molecule has 5 nitrogen and oxygen atoms in total. The van der Waals surface area contributed by atoms with Crippen LogP contribution < -0.4 is 0 Å². The summed E-state index contributed by atoms with van der Waals surface area (Å²) in [6, 6.07) is 10.1. The highest BCUT2D eigenvalue weighted by molar-refractivity contribution is 5.89. The van der Waals surface area contributed by atoms with Crippen LogP contribution in [0.3, 0.4) is 0 Å². The Morgan fingerprint density at radius 1 is 1.19 bits per heavy atom. The third kappa shape index (κ3) is 3.68. The highest BCUT2D eigenvalue weighted by Gasteiger charge is 2.26. The summed E-state index contributed by atoms with van der Waals surface area (Å²) in [6.45, 7) is 2.84. The maximum atomic E-state index is 12.8. The number of ether oxygens (including phenoxy) is 2. The van der Waals surface area contributed by atoms with Crippen molar-refractivity contribution in [2.75, 3.05) is 19.8 Å². The van der Waals surface area contributed by atoms with Crippen molar-refractivity contribution >= 4 is 5.97 Å². The second-order valence-corrected chi connectivity index (χ2v) is 7.24. The van der Waals surface area contributed by atoms with E-state index in [0.29, 0.717) is 24.8 Å². The predicted octanol–water partition coefficient (Wildman–Crippen LogP) is 3.86. The third-order valence-electron chi connectivity index (χ3n) is 5.30. The predicted molar refractivity (Wildman–Crippen MR) is 99.0 cm³/mol. The lowest BCUT2D eigenvalue weighted by Crippen LogP contribution is -2.24. The SMILES string of the molecule is O=C(OC[C@@H]1CCCOC1)c1nc(-c2ccccc2)n2c1CCCCC2. The van der Waals surface area contributed by atoms with Crippen LogP contribution in [0.4, 0.5) is 0 Å². The first-order chi connectivity index (χ1) is 12.8. The van der Waals surface area contributed by atoms with Gasteiger partial charge in [-0.05, 0) is 32.1 Å². The molecule has 2 aliphatic rings. The summed E-state index contributed by atoms with van der Waals surface area (Å²) in [6.07, 6.45) is 6.39. The largest absolute Gasteiger partial charge is 0.461 e. The molecule has 1 atom stereocenters. The van der Waals surface area contributed by atoms with Gasteiger partial charge < -0.3 is 14.0 Å². The first-order valence-corrected chi connectivity index (χ1v) is 9.72. The van der Waals surface area contributed by atoms with Crippen molar-refractivity contribution in [3.63, 3.8) is 0 Å². The molecular weight excluding hydrogens is 328 g/mol. The normalized spacial score (nSPS) is 20.2. The number of carbonyl (C=O) groups excluding carboxylic acids is 1. The Labute approximate surface area is 154 Å². The summed E-state index contributed by atoms with van der Waals surface area (Å²) in [5, 5.41) is 0. The number of fused-ring (bicyclic) bond motifs is 1. The molecule has 1 aromatic carbocycles. The van der Waals surface area contributed by atoms with Gasteiger partial charge in [0, 0.05) is 24.6 Å². The van der Waals surface area contributed by atoms with Crippen LogP contribution in [-0.2, 0) is 22.4 Å². The lowest BCUT2D eigenvalue weighted by Gasteiger charge is -2.21. The van der Waals surface area contributed by atoms with Crippen LogP contribution in [0, 0.1) is 5.92 Å². The van der Waals surface area contributed by atoms with E-state index in [2.05, 4.69) is 16.7 Å². The van der Waals surface area contributed by atoms with Gasteiger partial charge in [0.25, 0.3) is 0 Å². The molecule has 0 radical (unpaired) electrons. The van der Waals surface area contributed by atoms with Crippen LogP contribution in [0.5, 0.6) is 0 Å². The minimum absolute atomic E-state index is 0.289. The molecule has 1 aromatic heterocycles. The second-order valence-electron chi connectivity index (χ2n) is 7.24. The number of aromatic nitrogens is 2. The minimum Gasteiger partial charge on any atom is -0.461 e. The average Bonchev–Trinajstić information content (AvgIpc) is 2.89. The van der Waals surface area contributed by atoms with E-state index in [9.17, 15) is 4.79 Å². The van der Waals surface area contributed by atoms with Gasteiger partial charge >= 0.3 is 5.97 Å². The molecule has 0 N–H and O–H groups in total. The maximum Gasteiger partial charge on any atom is 0.358 e. The Morgan fingerprint density at radius 3 is 2.88 bits per heavy atom. The van der Waals surface area contributed by atoms with Crippen molar-refractivity contribution in [3.05, 3.63) is 41.7 Å². The van der Waals surface area contributed by atoms with E-state index in [4.69, 9.17) is 14.5 Å². The highest BCUT2D eigenvalue weighted by Crippen LogP contribution is 2.27. The molecule has 0 saturated carbocycles. The number of hydrogen-bond acceptors (Lipinski definition) is 4. The van der Waals surface area contributed by atoms with E-state index < -0.39 is 0 Å². The van der Waals surface area contributed by atoms with E-state index in [1.807, 2.05) is 18.2 Å². The molecule has 0 amide bonds. The zero-order chi connectivity index (χ0) is 17.8. The Bertz CT molecular complexity index is 748. The van der Waals surface area contributed by atoms with Gasteiger partial charge in [0.05, 0.1) is 18.9 Å². The third-order valence-corrected chi connectivity index (χ3v) is 5.30. The van der Waals surface area contributed by atoms with Gasteiger partial charge in [0.15, 0.2) is 5.69 Å². The van der Waals surface area contributed by atoms with Crippen LogP contribution in [0.1, 0.15) is 48.3 Å². The van der Waals surface area contributed by atoms with E-state index in [0.717, 1.165) is 62.3 Å². The fourth-order valence-electron chi connectivity index (χ4n) is 3.89. The summed E-state index contributed by atoms with van der Waals surface area (Å²) >= 11 is 0. The molecule has 138 valence electrons. The molecule has 3 heterocycles. The molecule has 0 spiro atoms. The lowest BCUT2D eigenvalue weighted by molar-refractivity contribution is 0.00820. The number of hydrogen-bond donors (Lipinski definition) is 0. The molecule has 0 aliphatic carbocycles. The zero-order valence-corrected chi connectivity index (χ0v) is 15.2. The molecule has 26 heavy (non-hydrogen) atoms. The molecule has 5 heteroatoms. The van der Waals surface area contributed by atoms with Crippen LogP contribution in [0.15, 0.2) is 30.3 Å². The van der Waals surface area contributed by atoms with Crippen molar-refractivity contribution in [2.24, 2.45) is 5.92 Å². The summed E-state index contributed by atoms with van der Waals surface area (Å²) in [5.74, 6) is 0.904. The van der Waals surface area contributed by atoms with E-state index in [1.54, 1.807) is 0 Å².